The van der Waals surface area contributed by atoms with Crippen LogP contribution in [-0.4, -0.2) is 23.1 Å². The van der Waals surface area contributed by atoms with Crippen LogP contribution in [0.3, 0.4) is 0 Å². The van der Waals surface area contributed by atoms with Crippen molar-refractivity contribution >= 4 is 29.3 Å². The van der Waals surface area contributed by atoms with Gasteiger partial charge in [0.15, 0.2) is 5.60 Å². The Morgan fingerprint density at radius 2 is 1.87 bits per heavy atom. The van der Waals surface area contributed by atoms with Crippen LogP contribution >= 0.6 is 11.8 Å². The number of hydrogen-bond donors (Lipinski definition) is 2. The number of imide groups is 1. The second-order valence-corrected chi connectivity index (χ2v) is 8.91. The number of carbonyl (C=O) groups is 2. The first-order chi connectivity index (χ1) is 15.0. The van der Waals surface area contributed by atoms with Gasteiger partial charge in [-0.1, -0.05) is 54.3 Å². The highest BCUT2D eigenvalue weighted by atomic mass is 32.2. The molecule has 6 heteroatoms. The summed E-state index contributed by atoms with van der Waals surface area (Å²) in [5.41, 5.74) is 1.97. The lowest BCUT2D eigenvalue weighted by Gasteiger charge is -2.43. The van der Waals surface area contributed by atoms with E-state index in [4.69, 9.17) is 10.1 Å². The van der Waals surface area contributed by atoms with Gasteiger partial charge in [-0.15, -0.1) is 0 Å². The fourth-order valence-corrected chi connectivity index (χ4v) is 5.42. The summed E-state index contributed by atoms with van der Waals surface area (Å²) in [6.07, 6.45) is 15.7. The third kappa shape index (κ3) is 2.61. The van der Waals surface area contributed by atoms with E-state index in [9.17, 15) is 9.59 Å². The smallest absolute Gasteiger partial charge is 0.258 e. The zero-order valence-electron chi connectivity index (χ0n) is 16.2. The lowest BCUT2D eigenvalue weighted by molar-refractivity contribution is -0.124. The summed E-state index contributed by atoms with van der Waals surface area (Å²) in [6.45, 7) is 0. The molecule has 0 radical (unpaired) electrons. The number of benzene rings is 1. The Kier molecular flexibility index (Phi) is 3.76. The van der Waals surface area contributed by atoms with E-state index in [2.05, 4.69) is 29.6 Å². The molecule has 31 heavy (non-hydrogen) atoms. The Morgan fingerprint density at radius 1 is 1.03 bits per heavy atom. The fraction of sp³-hybridized carbons (Fsp3) is 0.0800. The zero-order valence-corrected chi connectivity index (χ0v) is 17.0. The summed E-state index contributed by atoms with van der Waals surface area (Å²) in [5.74, 6) is -1.49. The van der Waals surface area contributed by atoms with Crippen LogP contribution in [0.1, 0.15) is 0 Å². The van der Waals surface area contributed by atoms with Crippen LogP contribution in [0, 0.1) is 11.3 Å². The van der Waals surface area contributed by atoms with E-state index in [-0.39, 0.29) is 11.3 Å². The van der Waals surface area contributed by atoms with Crippen LogP contribution in [0.15, 0.2) is 117 Å². The maximum absolute atomic E-state index is 12.6. The molecule has 0 saturated carbocycles. The molecule has 1 saturated heterocycles. The van der Waals surface area contributed by atoms with Crippen molar-refractivity contribution in [2.24, 2.45) is 5.92 Å². The molecule has 2 aliphatic heterocycles. The topological polar surface area (TPSA) is 79.2 Å². The van der Waals surface area contributed by atoms with E-state index in [1.807, 2.05) is 48.6 Å². The van der Waals surface area contributed by atoms with Crippen molar-refractivity contribution in [2.45, 2.75) is 10.5 Å². The average Bonchev–Trinajstić information content (AvgIpc) is 3.07. The van der Waals surface area contributed by atoms with Crippen LogP contribution in [-0.2, 0) is 14.3 Å². The van der Waals surface area contributed by atoms with Gasteiger partial charge >= 0.3 is 0 Å². The summed E-state index contributed by atoms with van der Waals surface area (Å²) in [7, 11) is 0. The van der Waals surface area contributed by atoms with E-state index >= 15 is 0 Å². The molecule has 0 aromatic heterocycles. The number of hydrogen-bond acceptors (Lipinski definition) is 5. The molecule has 150 valence electrons. The molecular formula is C25H16N2O3S. The molecule has 5 aliphatic rings. The molecular weight excluding hydrogens is 408 g/mol. The predicted molar refractivity (Wildman–Crippen MR) is 118 cm³/mol. The first-order valence-electron chi connectivity index (χ1n) is 9.89. The lowest BCUT2D eigenvalue weighted by Crippen LogP contribution is -2.41. The number of allylic oxidation sites excluding steroid dienone is 5. The predicted octanol–water partition coefficient (Wildman–Crippen LogP) is 3.91. The number of ether oxygens (including phenoxy) is 1. The van der Waals surface area contributed by atoms with E-state index < -0.39 is 23.3 Å². The maximum atomic E-state index is 12.6. The molecule has 3 aliphatic carbocycles. The van der Waals surface area contributed by atoms with Gasteiger partial charge in [-0.2, -0.15) is 0 Å². The third-order valence-corrected chi connectivity index (χ3v) is 6.89. The zero-order chi connectivity index (χ0) is 21.2. The SMILES string of the molecule is N=C1C=C2C=C3C=CC=C4C=CC(Sc5ccccc5)=CC43OC2=C2C(=O)NC(=O)C12. The van der Waals surface area contributed by atoms with Gasteiger partial charge in [-0.3, -0.25) is 14.9 Å². The molecule has 5 nitrogen and oxygen atoms in total. The molecule has 2 atom stereocenters. The Labute approximate surface area is 182 Å². The first kappa shape index (κ1) is 18.2. The second kappa shape index (κ2) is 6.43. The number of carbonyl (C=O) groups excluding carboxylic acids is 2. The van der Waals surface area contributed by atoms with Gasteiger partial charge in [0.1, 0.15) is 11.7 Å². The van der Waals surface area contributed by atoms with Gasteiger partial charge in [0.05, 0.1) is 5.57 Å². The Balaban J connectivity index is 1.51. The van der Waals surface area contributed by atoms with Gasteiger partial charge < -0.3 is 10.1 Å². The monoisotopic (exact) mass is 424 g/mol. The van der Waals surface area contributed by atoms with Crippen molar-refractivity contribution in [3.05, 3.63) is 112 Å². The van der Waals surface area contributed by atoms with Gasteiger partial charge in [0.25, 0.3) is 5.91 Å². The van der Waals surface area contributed by atoms with E-state index in [0.717, 1.165) is 20.9 Å². The highest BCUT2D eigenvalue weighted by Gasteiger charge is 2.50. The van der Waals surface area contributed by atoms with Crippen molar-refractivity contribution in [2.75, 3.05) is 0 Å². The minimum absolute atomic E-state index is 0.100. The van der Waals surface area contributed by atoms with Crippen LogP contribution in [0.4, 0.5) is 0 Å². The minimum atomic E-state index is -0.912. The van der Waals surface area contributed by atoms with E-state index in [1.54, 1.807) is 17.8 Å². The summed E-state index contributed by atoms with van der Waals surface area (Å²) in [4.78, 5) is 27.0. The number of rotatable bonds is 2. The summed E-state index contributed by atoms with van der Waals surface area (Å²) >= 11 is 1.64. The molecule has 2 N–H and O–H groups in total. The lowest BCUT2D eigenvalue weighted by atomic mass is 9.75. The molecule has 1 spiro atoms. The minimum Gasteiger partial charge on any atom is -0.472 e. The van der Waals surface area contributed by atoms with Crippen molar-refractivity contribution in [3.8, 4) is 0 Å². The van der Waals surface area contributed by atoms with Gasteiger partial charge in [0.2, 0.25) is 5.91 Å². The van der Waals surface area contributed by atoms with Crippen LogP contribution < -0.4 is 5.32 Å². The van der Waals surface area contributed by atoms with Crippen LogP contribution in [0.2, 0.25) is 0 Å². The quantitative estimate of drug-likeness (QED) is 0.706. The van der Waals surface area contributed by atoms with Crippen LogP contribution in [0.5, 0.6) is 0 Å². The number of nitrogens with one attached hydrogen (secondary N) is 2. The van der Waals surface area contributed by atoms with Crippen molar-refractivity contribution < 1.29 is 14.3 Å². The Morgan fingerprint density at radius 3 is 2.71 bits per heavy atom. The Bertz CT molecular complexity index is 1310. The molecule has 0 bridgehead atoms. The van der Waals surface area contributed by atoms with E-state index in [0.29, 0.717) is 11.3 Å². The Hall–Kier alpha value is -3.64. The summed E-state index contributed by atoms with van der Waals surface area (Å²) < 4.78 is 6.61. The van der Waals surface area contributed by atoms with Gasteiger partial charge in [-0.05, 0) is 36.4 Å². The molecule has 6 rings (SSSR count). The summed E-state index contributed by atoms with van der Waals surface area (Å²) in [5, 5.41) is 10.6. The van der Waals surface area contributed by atoms with E-state index in [1.165, 1.54) is 0 Å². The molecule has 2 heterocycles. The highest BCUT2D eigenvalue weighted by molar-refractivity contribution is 8.03. The van der Waals surface area contributed by atoms with Crippen molar-refractivity contribution in [1.29, 1.82) is 5.41 Å². The third-order valence-electron chi connectivity index (χ3n) is 5.90. The van der Waals surface area contributed by atoms with Gasteiger partial charge in [0, 0.05) is 32.2 Å². The van der Waals surface area contributed by atoms with Crippen molar-refractivity contribution in [1.82, 2.24) is 5.32 Å². The number of amides is 2. The second-order valence-electron chi connectivity index (χ2n) is 7.76. The first-order valence-corrected chi connectivity index (χ1v) is 10.7. The maximum Gasteiger partial charge on any atom is 0.258 e. The molecule has 1 aromatic carbocycles. The summed E-state index contributed by atoms with van der Waals surface area (Å²) in [6, 6.07) is 10.1. The normalized spacial score (nSPS) is 27.7. The van der Waals surface area contributed by atoms with Gasteiger partial charge in [-0.25, -0.2) is 0 Å². The molecule has 2 amide bonds. The highest BCUT2D eigenvalue weighted by Crippen LogP contribution is 2.50. The standard InChI is InChI=1S/C25H16N2O3S/c26-19-12-14-11-16-6-4-5-15-9-10-18(31-17-7-2-1-3-8-17)13-25(15,16)30-22(14)21-20(19)23(28)27-24(21)29/h1-13,20,26H,(H,27,28,29). The average molecular weight is 424 g/mol. The largest absolute Gasteiger partial charge is 0.472 e. The number of thioether (sulfide) groups is 1. The van der Waals surface area contributed by atoms with Crippen molar-refractivity contribution in [3.63, 3.8) is 0 Å². The fourth-order valence-electron chi connectivity index (χ4n) is 4.49. The number of fused-ring (bicyclic) bond motifs is 2. The molecule has 1 aromatic rings. The van der Waals surface area contributed by atoms with Crippen LogP contribution in [0.25, 0.3) is 0 Å². The molecule has 2 unspecified atom stereocenters. The molecule has 1 fully saturated rings.